The fraction of sp³-hybridized carbons (Fsp3) is 0.750. The van der Waals surface area contributed by atoms with E-state index in [4.69, 9.17) is 5.84 Å². The third kappa shape index (κ3) is 3.55. The third-order valence-electron chi connectivity index (χ3n) is 0.698. The molecule has 0 aliphatic heterocycles. The minimum Gasteiger partial charge on any atom is -0.294 e. The number of nitrogens with two attached hydrogens (primary N) is 1. The van der Waals surface area contributed by atoms with Gasteiger partial charge in [-0.1, -0.05) is 0 Å². The average molecular weight is 120 g/mol. The minimum atomic E-state index is -0.465. The highest BCUT2D eigenvalue weighted by atomic mass is 19.1. The molecule has 0 aliphatic rings. The Kier molecular flexibility index (Phi) is 4.16. The number of hydrogen-bond donors (Lipinski definition) is 2. The number of alkyl halides is 1. The minimum absolute atomic E-state index is 0.174. The first-order chi connectivity index (χ1) is 3.81. The smallest absolute Gasteiger partial charge is 0.233 e. The fourth-order valence-corrected chi connectivity index (χ4v) is 0.300. The molecule has 0 aromatic carbocycles. The van der Waals surface area contributed by atoms with E-state index >= 15 is 0 Å². The molecule has 8 heavy (non-hydrogen) atoms. The third-order valence-corrected chi connectivity index (χ3v) is 0.698. The van der Waals surface area contributed by atoms with Crippen LogP contribution in [0.15, 0.2) is 0 Å². The van der Waals surface area contributed by atoms with Crippen LogP contribution in [-0.4, -0.2) is 12.6 Å². The van der Waals surface area contributed by atoms with Crippen molar-refractivity contribution in [3.8, 4) is 0 Å². The Labute approximate surface area is 47.0 Å². The number of carbonyl (C=O) groups excluding carboxylic acids is 1. The van der Waals surface area contributed by atoms with E-state index in [0.717, 1.165) is 0 Å². The molecule has 0 aliphatic carbocycles. The van der Waals surface area contributed by atoms with Gasteiger partial charge < -0.3 is 0 Å². The molecule has 0 saturated heterocycles. The summed E-state index contributed by atoms with van der Waals surface area (Å²) in [6.07, 6.45) is 0.427. The predicted molar refractivity (Wildman–Crippen MR) is 27.5 cm³/mol. The second kappa shape index (κ2) is 4.52. The lowest BCUT2D eigenvalue weighted by Gasteiger charge is -1.92. The van der Waals surface area contributed by atoms with E-state index in [1.807, 2.05) is 5.43 Å². The first kappa shape index (κ1) is 7.36. The summed E-state index contributed by atoms with van der Waals surface area (Å²) in [4.78, 5) is 10.2. The Bertz CT molecular complexity index is 76.4. The molecule has 0 aromatic rings. The van der Waals surface area contributed by atoms with Crippen molar-refractivity contribution < 1.29 is 9.18 Å². The maximum absolute atomic E-state index is 11.3. The van der Waals surface area contributed by atoms with E-state index in [0.29, 0.717) is 0 Å². The van der Waals surface area contributed by atoms with Gasteiger partial charge in [-0.05, 0) is 6.42 Å². The Morgan fingerprint density at radius 1 is 1.75 bits per heavy atom. The molecule has 0 heterocycles. The molecule has 0 rings (SSSR count). The molecule has 0 saturated carbocycles. The summed E-state index contributed by atoms with van der Waals surface area (Å²) in [6.45, 7) is -0.465. The highest BCUT2D eigenvalue weighted by Gasteiger charge is 1.94. The SMILES string of the molecule is NNC(=O)CCCF. The quantitative estimate of drug-likeness (QED) is 0.306. The number of rotatable bonds is 3. The number of hydrazine groups is 1. The van der Waals surface area contributed by atoms with Crippen molar-refractivity contribution in [3.63, 3.8) is 0 Å². The highest BCUT2D eigenvalue weighted by Crippen LogP contribution is 1.86. The van der Waals surface area contributed by atoms with Gasteiger partial charge in [0, 0.05) is 6.42 Å². The number of amides is 1. The molecular formula is C4H9FN2O. The maximum Gasteiger partial charge on any atom is 0.233 e. The van der Waals surface area contributed by atoms with Crippen LogP contribution in [0.1, 0.15) is 12.8 Å². The van der Waals surface area contributed by atoms with Gasteiger partial charge in [-0.15, -0.1) is 0 Å². The molecule has 4 heteroatoms. The lowest BCUT2D eigenvalue weighted by atomic mass is 10.3. The van der Waals surface area contributed by atoms with Gasteiger partial charge in [-0.25, -0.2) is 5.84 Å². The van der Waals surface area contributed by atoms with E-state index in [2.05, 4.69) is 0 Å². The van der Waals surface area contributed by atoms with Crippen LogP contribution in [0.4, 0.5) is 4.39 Å². The van der Waals surface area contributed by atoms with Crippen molar-refractivity contribution >= 4 is 5.91 Å². The summed E-state index contributed by atoms with van der Waals surface area (Å²) in [5, 5.41) is 0. The van der Waals surface area contributed by atoms with Crippen LogP contribution in [0.25, 0.3) is 0 Å². The van der Waals surface area contributed by atoms with Crippen LogP contribution in [0.3, 0.4) is 0 Å². The topological polar surface area (TPSA) is 55.1 Å². The molecule has 0 bridgehead atoms. The van der Waals surface area contributed by atoms with Gasteiger partial charge in [0.25, 0.3) is 0 Å². The number of hydrogen-bond acceptors (Lipinski definition) is 2. The summed E-state index contributed by atoms with van der Waals surface area (Å²) < 4.78 is 11.3. The van der Waals surface area contributed by atoms with Crippen LogP contribution < -0.4 is 11.3 Å². The molecule has 0 atom stereocenters. The summed E-state index contributed by atoms with van der Waals surface area (Å²) in [5.74, 6) is 4.37. The van der Waals surface area contributed by atoms with Crippen molar-refractivity contribution in [1.82, 2.24) is 5.43 Å². The van der Waals surface area contributed by atoms with E-state index in [9.17, 15) is 9.18 Å². The molecule has 0 unspecified atom stereocenters. The first-order valence-electron chi connectivity index (χ1n) is 2.36. The second-order valence-electron chi connectivity index (χ2n) is 1.36. The van der Waals surface area contributed by atoms with E-state index < -0.39 is 6.67 Å². The van der Waals surface area contributed by atoms with Crippen molar-refractivity contribution in [1.29, 1.82) is 0 Å². The van der Waals surface area contributed by atoms with Gasteiger partial charge in [0.05, 0.1) is 6.67 Å². The molecule has 0 fully saturated rings. The van der Waals surface area contributed by atoms with Crippen molar-refractivity contribution in [2.75, 3.05) is 6.67 Å². The molecular weight excluding hydrogens is 111 g/mol. The maximum atomic E-state index is 11.3. The first-order valence-corrected chi connectivity index (χ1v) is 2.36. The zero-order chi connectivity index (χ0) is 6.41. The molecule has 0 radical (unpaired) electrons. The second-order valence-corrected chi connectivity index (χ2v) is 1.36. The van der Waals surface area contributed by atoms with Crippen molar-refractivity contribution in [2.24, 2.45) is 5.84 Å². The van der Waals surface area contributed by atoms with Gasteiger partial charge >= 0.3 is 0 Å². The molecule has 0 spiro atoms. The molecule has 3 nitrogen and oxygen atoms in total. The molecule has 3 N–H and O–H groups in total. The number of carbonyl (C=O) groups is 1. The van der Waals surface area contributed by atoms with Gasteiger partial charge in [-0.2, -0.15) is 0 Å². The number of nitrogens with one attached hydrogen (secondary N) is 1. The lowest BCUT2D eigenvalue weighted by Crippen LogP contribution is -2.29. The Hall–Kier alpha value is -0.640. The number of halogens is 1. The lowest BCUT2D eigenvalue weighted by molar-refractivity contribution is -0.121. The van der Waals surface area contributed by atoms with Crippen LogP contribution in [-0.2, 0) is 4.79 Å². The summed E-state index contributed by atoms with van der Waals surface area (Å²) in [6, 6.07) is 0. The molecule has 48 valence electrons. The summed E-state index contributed by atoms with van der Waals surface area (Å²) in [5.41, 5.74) is 1.89. The summed E-state index contributed by atoms with van der Waals surface area (Å²) in [7, 11) is 0. The standard InChI is InChI=1S/C4H9FN2O/c5-3-1-2-4(8)7-6/h1-3,6H2,(H,7,8). The monoisotopic (exact) mass is 120 g/mol. The van der Waals surface area contributed by atoms with Crippen LogP contribution in [0, 0.1) is 0 Å². The Balaban J connectivity index is 2.99. The zero-order valence-electron chi connectivity index (χ0n) is 4.48. The Morgan fingerprint density at radius 3 is 2.75 bits per heavy atom. The van der Waals surface area contributed by atoms with Crippen molar-refractivity contribution in [3.05, 3.63) is 0 Å². The normalized spacial score (nSPS) is 8.75. The van der Waals surface area contributed by atoms with E-state index in [1.165, 1.54) is 0 Å². The van der Waals surface area contributed by atoms with Crippen LogP contribution in [0.5, 0.6) is 0 Å². The van der Waals surface area contributed by atoms with Crippen LogP contribution >= 0.6 is 0 Å². The van der Waals surface area contributed by atoms with E-state index in [1.54, 1.807) is 0 Å². The van der Waals surface area contributed by atoms with Gasteiger partial charge in [0.15, 0.2) is 0 Å². The highest BCUT2D eigenvalue weighted by molar-refractivity contribution is 5.75. The Morgan fingerprint density at radius 2 is 2.38 bits per heavy atom. The van der Waals surface area contributed by atoms with Crippen LogP contribution in [0.2, 0.25) is 0 Å². The predicted octanol–water partition coefficient (Wildman–Crippen LogP) is -0.274. The zero-order valence-corrected chi connectivity index (χ0v) is 4.48. The van der Waals surface area contributed by atoms with Gasteiger partial charge in [-0.3, -0.25) is 14.6 Å². The summed E-state index contributed by atoms with van der Waals surface area (Å²) >= 11 is 0. The fourth-order valence-electron chi connectivity index (χ4n) is 0.300. The van der Waals surface area contributed by atoms with E-state index in [-0.39, 0.29) is 18.7 Å². The molecule has 1 amide bonds. The van der Waals surface area contributed by atoms with Gasteiger partial charge in [0.2, 0.25) is 5.91 Å². The average Bonchev–Trinajstić information content (AvgIpc) is 1.83. The largest absolute Gasteiger partial charge is 0.294 e. The molecule has 0 aromatic heterocycles. The van der Waals surface area contributed by atoms with Gasteiger partial charge in [0.1, 0.15) is 0 Å². The van der Waals surface area contributed by atoms with Crippen molar-refractivity contribution in [2.45, 2.75) is 12.8 Å².